The van der Waals surface area contributed by atoms with Crippen molar-refractivity contribution in [1.29, 1.82) is 0 Å². The van der Waals surface area contributed by atoms with Crippen LogP contribution in [-0.2, 0) is 27.5 Å². The Balaban J connectivity index is 1.14. The molecule has 1 aromatic heterocycles. The van der Waals surface area contributed by atoms with Crippen LogP contribution in [0.5, 0.6) is 0 Å². The molecule has 35 heavy (non-hydrogen) atoms. The highest BCUT2D eigenvalue weighted by molar-refractivity contribution is 8.03. The number of β-lactam (4-membered cyclic amide) rings is 1. The zero-order valence-electron chi connectivity index (χ0n) is 18.2. The number of esters is 1. The van der Waals surface area contributed by atoms with Crippen LogP contribution in [0.4, 0.5) is 5.69 Å². The van der Waals surface area contributed by atoms with Crippen molar-refractivity contribution in [2.24, 2.45) is 0 Å². The second-order valence-corrected chi connectivity index (χ2v) is 10.3. The van der Waals surface area contributed by atoms with Crippen LogP contribution in [0.2, 0.25) is 0 Å². The third kappa shape index (κ3) is 3.80. The van der Waals surface area contributed by atoms with Crippen molar-refractivity contribution in [3.8, 4) is 0 Å². The van der Waals surface area contributed by atoms with Crippen LogP contribution in [0, 0.1) is 10.1 Å². The van der Waals surface area contributed by atoms with E-state index < -0.39 is 10.9 Å². The van der Waals surface area contributed by atoms with Gasteiger partial charge in [0.2, 0.25) is 0 Å². The highest BCUT2D eigenvalue weighted by atomic mass is 32.2. The second kappa shape index (κ2) is 8.58. The van der Waals surface area contributed by atoms with Gasteiger partial charge in [-0.15, -0.1) is 11.8 Å². The predicted molar refractivity (Wildman–Crippen MR) is 132 cm³/mol. The van der Waals surface area contributed by atoms with Crippen molar-refractivity contribution in [2.45, 2.75) is 30.1 Å². The molecule has 0 spiro atoms. The van der Waals surface area contributed by atoms with E-state index in [0.29, 0.717) is 11.1 Å². The number of carbonyl (C=O) groups excluding carboxylic acids is 2. The van der Waals surface area contributed by atoms with Crippen molar-refractivity contribution in [2.75, 3.05) is 5.75 Å². The maximum absolute atomic E-state index is 12.9. The Bertz CT molecular complexity index is 1460. The van der Waals surface area contributed by atoms with E-state index in [1.807, 2.05) is 18.2 Å². The molecule has 176 valence electrons. The van der Waals surface area contributed by atoms with Gasteiger partial charge in [-0.1, -0.05) is 17.8 Å². The monoisotopic (exact) mass is 506 g/mol. The van der Waals surface area contributed by atoms with Crippen molar-refractivity contribution >= 4 is 58.2 Å². The minimum atomic E-state index is -0.601. The number of amides is 1. The molecule has 6 rings (SSSR count). The lowest BCUT2D eigenvalue weighted by Gasteiger charge is -2.37. The van der Waals surface area contributed by atoms with E-state index in [1.54, 1.807) is 17.2 Å². The Morgan fingerprint density at radius 1 is 1.26 bits per heavy atom. The summed E-state index contributed by atoms with van der Waals surface area (Å²) in [7, 11) is 0. The molecule has 0 saturated carbocycles. The van der Waals surface area contributed by atoms with Crippen LogP contribution in [0.1, 0.15) is 17.5 Å². The molecule has 0 unspecified atom stereocenters. The Kier molecular flexibility index (Phi) is 5.37. The molecule has 1 fully saturated rings. The van der Waals surface area contributed by atoms with Gasteiger partial charge >= 0.3 is 5.97 Å². The van der Waals surface area contributed by atoms with Gasteiger partial charge in [0.25, 0.3) is 11.6 Å². The lowest BCUT2D eigenvalue weighted by Crippen LogP contribution is -2.51. The molecular weight excluding hydrogens is 488 g/mol. The van der Waals surface area contributed by atoms with Gasteiger partial charge in [-0.3, -0.25) is 19.8 Å². The van der Waals surface area contributed by atoms with Crippen molar-refractivity contribution in [3.05, 3.63) is 80.4 Å². The molecule has 0 aliphatic carbocycles. The summed E-state index contributed by atoms with van der Waals surface area (Å²) in [6.45, 7) is 0.904. The number of nitro groups is 1. The Labute approximate surface area is 208 Å². The number of hydrogen-bond acceptors (Lipinski definition) is 8. The number of non-ortho nitro benzene ring substituents is 1. The maximum atomic E-state index is 12.9. The van der Waals surface area contributed by atoms with Gasteiger partial charge in [-0.2, -0.15) is 0 Å². The summed E-state index contributed by atoms with van der Waals surface area (Å²) in [6.07, 6.45) is 2.99. The highest BCUT2D eigenvalue weighted by Gasteiger charge is 2.49. The largest absolute Gasteiger partial charge is 0.456 e. The molecule has 1 atom stereocenters. The Hall–Kier alpha value is -3.57. The number of hydrogen-bond donors (Lipinski definition) is 0. The first-order valence-electron chi connectivity index (χ1n) is 10.9. The van der Waals surface area contributed by atoms with Crippen LogP contribution >= 0.6 is 23.5 Å². The molecule has 3 aliphatic heterocycles. The summed E-state index contributed by atoms with van der Waals surface area (Å²) in [5, 5.41) is 13.2. The summed E-state index contributed by atoms with van der Waals surface area (Å²) in [6, 6.07) is 11.8. The van der Waals surface area contributed by atoms with E-state index in [1.165, 1.54) is 40.9 Å². The molecule has 0 N–H and O–H groups in total. The first-order chi connectivity index (χ1) is 17.0. The van der Waals surface area contributed by atoms with E-state index in [2.05, 4.69) is 10.6 Å². The van der Waals surface area contributed by atoms with Crippen molar-refractivity contribution < 1.29 is 19.2 Å². The third-order valence-corrected chi connectivity index (χ3v) is 8.22. The molecule has 0 bridgehead atoms. The normalized spacial score (nSPS) is 19.8. The number of aryl methyl sites for hydroxylation is 1. The molecule has 4 heterocycles. The Morgan fingerprint density at radius 2 is 2.09 bits per heavy atom. The number of fused-ring (bicyclic) bond motifs is 4. The van der Waals surface area contributed by atoms with Crippen LogP contribution < -0.4 is 0 Å². The Morgan fingerprint density at radius 3 is 2.89 bits per heavy atom. The minimum absolute atomic E-state index is 0.0329. The summed E-state index contributed by atoms with van der Waals surface area (Å²) < 4.78 is 7.57. The zero-order valence-corrected chi connectivity index (χ0v) is 19.9. The van der Waals surface area contributed by atoms with Crippen LogP contribution in [0.15, 0.2) is 64.3 Å². The third-order valence-electron chi connectivity index (χ3n) is 6.08. The molecule has 1 saturated heterocycles. The number of ether oxygens (including phenoxy) is 1. The molecule has 1 amide bonds. The summed E-state index contributed by atoms with van der Waals surface area (Å²) in [4.78, 5) is 41.9. The number of aromatic nitrogens is 2. The number of nitrogens with zero attached hydrogens (tertiary/aromatic N) is 4. The fraction of sp³-hybridized carbons (Fsp3) is 0.208. The van der Waals surface area contributed by atoms with Gasteiger partial charge in [0.05, 0.1) is 21.5 Å². The number of benzene rings is 2. The maximum Gasteiger partial charge on any atom is 0.355 e. The molecule has 11 heteroatoms. The zero-order chi connectivity index (χ0) is 24.1. The van der Waals surface area contributed by atoms with Crippen LogP contribution in [-0.4, -0.2) is 42.4 Å². The minimum Gasteiger partial charge on any atom is -0.456 e. The van der Waals surface area contributed by atoms with Gasteiger partial charge in [0.1, 0.15) is 17.7 Å². The fourth-order valence-electron chi connectivity index (χ4n) is 4.30. The van der Waals surface area contributed by atoms with Gasteiger partial charge in [0, 0.05) is 29.8 Å². The number of carbonyl (C=O) groups is 2. The van der Waals surface area contributed by atoms with Gasteiger partial charge in [-0.25, -0.2) is 9.78 Å². The van der Waals surface area contributed by atoms with E-state index in [0.717, 1.165) is 40.5 Å². The molecule has 3 aromatic rings. The first-order valence-corrected chi connectivity index (χ1v) is 12.9. The number of rotatable bonds is 5. The molecule has 9 nitrogen and oxygen atoms in total. The average molecular weight is 507 g/mol. The van der Waals surface area contributed by atoms with E-state index in [4.69, 9.17) is 9.72 Å². The van der Waals surface area contributed by atoms with Crippen LogP contribution in [0.25, 0.3) is 17.1 Å². The second-order valence-electron chi connectivity index (χ2n) is 8.26. The van der Waals surface area contributed by atoms with Crippen LogP contribution in [0.3, 0.4) is 0 Å². The molecular formula is C24H18N4O5S2. The SMILES string of the molecule is O=C(OCc1ccc([N+](=O)[O-])cc1)C1=CS[C@@H]2C(=Cc3ccc4nc5n(c4c3)CCCS5)C(=O)N12. The molecule has 3 aliphatic rings. The fourth-order valence-corrected chi connectivity index (χ4v) is 6.37. The first kappa shape index (κ1) is 21.9. The van der Waals surface area contributed by atoms with Gasteiger partial charge in [0.15, 0.2) is 5.16 Å². The smallest absolute Gasteiger partial charge is 0.355 e. The number of nitro benzene ring substituents is 1. The van der Waals surface area contributed by atoms with E-state index >= 15 is 0 Å². The number of imidazole rings is 1. The molecule has 0 radical (unpaired) electrons. The van der Waals surface area contributed by atoms with Crippen molar-refractivity contribution in [3.63, 3.8) is 0 Å². The van der Waals surface area contributed by atoms with E-state index in [9.17, 15) is 19.7 Å². The summed E-state index contributed by atoms with van der Waals surface area (Å²) in [5.74, 6) is 0.259. The topological polar surface area (TPSA) is 108 Å². The van der Waals surface area contributed by atoms with Gasteiger partial charge < -0.3 is 9.30 Å². The predicted octanol–water partition coefficient (Wildman–Crippen LogP) is 4.32. The number of thioether (sulfide) groups is 2. The lowest BCUT2D eigenvalue weighted by molar-refractivity contribution is -0.384. The highest BCUT2D eigenvalue weighted by Crippen LogP contribution is 2.45. The summed E-state index contributed by atoms with van der Waals surface area (Å²) >= 11 is 3.16. The molecule has 2 aromatic carbocycles. The quantitative estimate of drug-likeness (QED) is 0.166. The van der Waals surface area contributed by atoms with Crippen molar-refractivity contribution in [1.82, 2.24) is 14.5 Å². The average Bonchev–Trinajstić information content (AvgIpc) is 3.45. The standard InChI is InChI=1S/C24H18N4O5S2/c29-21-17(10-15-4-7-18-19(11-15)26-8-1-9-34-24(26)25-18)22-27(21)20(13-35-22)23(30)33-12-14-2-5-16(6-3-14)28(31)32/h2-7,10-11,13,22H,1,8-9,12H2/t22-/m1/s1. The van der Waals surface area contributed by atoms with Gasteiger partial charge in [-0.05, 0) is 47.9 Å². The lowest BCUT2D eigenvalue weighted by atomic mass is 10.0. The van der Waals surface area contributed by atoms with E-state index in [-0.39, 0.29) is 29.3 Å². The summed E-state index contributed by atoms with van der Waals surface area (Å²) in [5.41, 5.74) is 4.38.